The predicted molar refractivity (Wildman–Crippen MR) is 66.3 cm³/mol. The number of nitrogens with zero attached hydrogens (tertiary/aromatic N) is 2. The van der Waals surface area contributed by atoms with Gasteiger partial charge in [0.25, 0.3) is 10.0 Å². The van der Waals surface area contributed by atoms with Crippen LogP contribution in [0.15, 0.2) is 29.2 Å². The van der Waals surface area contributed by atoms with Gasteiger partial charge in [0, 0.05) is 5.69 Å². The summed E-state index contributed by atoms with van der Waals surface area (Å²) in [7, 11) is -3.61. The molecule has 0 atom stereocenters. The molecule has 1 aromatic heterocycles. The Hall–Kier alpha value is -0.670. The molecule has 0 bridgehead atoms. The van der Waals surface area contributed by atoms with Gasteiger partial charge in [0.2, 0.25) is 5.13 Å². The van der Waals surface area contributed by atoms with Gasteiger partial charge in [0.15, 0.2) is 0 Å². The van der Waals surface area contributed by atoms with E-state index in [-0.39, 0.29) is 39.6 Å². The summed E-state index contributed by atoms with van der Waals surface area (Å²) in [5, 5.41) is 8.37. The van der Waals surface area contributed by atoms with Gasteiger partial charge in [-0.25, -0.2) is 8.42 Å². The molecule has 0 aliphatic carbocycles. The first-order valence-electron chi connectivity index (χ1n) is 4.66. The van der Waals surface area contributed by atoms with Crippen molar-refractivity contribution in [3.05, 3.63) is 29.3 Å². The molecule has 18 heavy (non-hydrogen) atoms. The smallest absolute Gasteiger partial charge is 0.399 e. The van der Waals surface area contributed by atoms with Gasteiger partial charge in [-0.05, 0) is 31.2 Å². The minimum Gasteiger partial charge on any atom is -0.399 e. The third-order valence-electron chi connectivity index (χ3n) is 1.94. The molecule has 1 heterocycles. The molecule has 0 saturated heterocycles. The maximum absolute atomic E-state index is 11.9. The third kappa shape index (κ3) is 3.66. The summed E-state index contributed by atoms with van der Waals surface area (Å²) in [6.45, 7) is 1.75. The monoisotopic (exact) mass is 293 g/mol. The summed E-state index contributed by atoms with van der Waals surface area (Å²) in [6, 6.07) is 5.93. The maximum Gasteiger partial charge on any atom is 1.00 e. The van der Waals surface area contributed by atoms with Crippen molar-refractivity contribution < 1.29 is 38.0 Å². The van der Waals surface area contributed by atoms with Crippen LogP contribution in [0.3, 0.4) is 0 Å². The Morgan fingerprint density at radius 1 is 1.22 bits per heavy atom. The SMILES string of the molecule is Cc1nnc(NS(=O)(=O)c2ccc(N)cc2)s1.[Na+]. The van der Waals surface area contributed by atoms with Gasteiger partial charge in [-0.15, -0.1) is 10.2 Å². The molecular weight excluding hydrogens is 283 g/mol. The number of aryl methyl sites for hydroxylation is 1. The van der Waals surface area contributed by atoms with E-state index in [9.17, 15) is 8.42 Å². The van der Waals surface area contributed by atoms with Crippen LogP contribution in [0, 0.1) is 6.92 Å². The largest absolute Gasteiger partial charge is 1.00 e. The Balaban J connectivity index is 0.00000162. The van der Waals surface area contributed by atoms with Crippen molar-refractivity contribution in [2.75, 3.05) is 10.5 Å². The first-order valence-corrected chi connectivity index (χ1v) is 6.96. The first kappa shape index (κ1) is 15.4. The fourth-order valence-corrected chi connectivity index (χ4v) is 2.98. The number of sulfonamides is 1. The third-order valence-corrected chi connectivity index (χ3v) is 4.18. The van der Waals surface area contributed by atoms with Crippen LogP contribution in [0.25, 0.3) is 0 Å². The van der Waals surface area contributed by atoms with Crippen LogP contribution in [-0.2, 0) is 10.0 Å². The molecule has 0 amide bonds. The molecule has 0 spiro atoms. The van der Waals surface area contributed by atoms with Crippen LogP contribution < -0.4 is 40.0 Å². The average molecular weight is 293 g/mol. The molecule has 2 rings (SSSR count). The van der Waals surface area contributed by atoms with Crippen molar-refractivity contribution in [2.45, 2.75) is 11.8 Å². The van der Waals surface area contributed by atoms with E-state index in [2.05, 4.69) is 14.9 Å². The number of nitrogens with one attached hydrogen (secondary N) is 1. The number of nitrogens with two attached hydrogens (primary N) is 1. The maximum atomic E-state index is 11.9. The van der Waals surface area contributed by atoms with Gasteiger partial charge in [0.1, 0.15) is 5.01 Å². The van der Waals surface area contributed by atoms with Gasteiger partial charge < -0.3 is 5.73 Å². The molecular formula is C9H10N4NaO2S2+. The minimum atomic E-state index is -3.61. The normalized spacial score (nSPS) is 10.7. The van der Waals surface area contributed by atoms with E-state index >= 15 is 0 Å². The Bertz CT molecular complexity index is 624. The van der Waals surface area contributed by atoms with E-state index in [4.69, 9.17) is 5.73 Å². The van der Waals surface area contributed by atoms with Crippen LogP contribution in [0.5, 0.6) is 0 Å². The van der Waals surface area contributed by atoms with Gasteiger partial charge in [-0.2, -0.15) is 0 Å². The molecule has 0 radical (unpaired) electrons. The minimum absolute atomic E-state index is 0. The molecule has 0 unspecified atom stereocenters. The summed E-state index contributed by atoms with van der Waals surface area (Å²) in [4.78, 5) is 0.138. The van der Waals surface area contributed by atoms with Gasteiger partial charge in [-0.3, -0.25) is 4.72 Å². The number of nitrogen functional groups attached to an aromatic ring is 1. The van der Waals surface area contributed by atoms with Crippen LogP contribution in [0.1, 0.15) is 5.01 Å². The van der Waals surface area contributed by atoms with Crippen molar-refractivity contribution >= 4 is 32.2 Å². The molecule has 0 aliphatic heterocycles. The fourth-order valence-electron chi connectivity index (χ4n) is 1.16. The molecule has 0 saturated carbocycles. The molecule has 1 aromatic carbocycles. The summed E-state index contributed by atoms with van der Waals surface area (Å²) >= 11 is 1.18. The molecule has 0 fully saturated rings. The van der Waals surface area contributed by atoms with Crippen molar-refractivity contribution in [1.29, 1.82) is 0 Å². The number of hydrogen-bond acceptors (Lipinski definition) is 6. The van der Waals surface area contributed by atoms with E-state index in [0.717, 1.165) is 0 Å². The number of benzene rings is 1. The zero-order valence-electron chi connectivity index (χ0n) is 9.91. The zero-order chi connectivity index (χ0) is 12.5. The van der Waals surface area contributed by atoms with Crippen molar-refractivity contribution in [2.24, 2.45) is 0 Å². The second kappa shape index (κ2) is 5.98. The van der Waals surface area contributed by atoms with Crippen LogP contribution in [-0.4, -0.2) is 18.6 Å². The first-order chi connectivity index (χ1) is 7.97. The number of aromatic nitrogens is 2. The van der Waals surface area contributed by atoms with Crippen LogP contribution in [0.4, 0.5) is 10.8 Å². The molecule has 90 valence electrons. The molecule has 2 aromatic rings. The zero-order valence-corrected chi connectivity index (χ0v) is 13.5. The van der Waals surface area contributed by atoms with E-state index in [1.165, 1.54) is 35.6 Å². The Morgan fingerprint density at radius 2 is 1.83 bits per heavy atom. The Kier molecular flexibility index (Phi) is 5.11. The van der Waals surface area contributed by atoms with Crippen molar-refractivity contribution in [1.82, 2.24) is 10.2 Å². The van der Waals surface area contributed by atoms with Gasteiger partial charge in [0.05, 0.1) is 4.90 Å². The molecule has 3 N–H and O–H groups in total. The number of hydrogen-bond donors (Lipinski definition) is 2. The summed E-state index contributed by atoms with van der Waals surface area (Å²) in [5.41, 5.74) is 6.00. The second-order valence-electron chi connectivity index (χ2n) is 3.30. The Morgan fingerprint density at radius 3 is 2.33 bits per heavy atom. The van der Waals surface area contributed by atoms with E-state index < -0.39 is 10.0 Å². The van der Waals surface area contributed by atoms with Crippen molar-refractivity contribution in [3.63, 3.8) is 0 Å². The van der Waals surface area contributed by atoms with E-state index in [1.54, 1.807) is 6.92 Å². The molecule has 0 aliphatic rings. The standard InChI is InChI=1S/C9H10N4O2S2.Na/c1-6-11-12-9(16-6)13-17(14,15)8-4-2-7(10)3-5-8;/h2-5H,10H2,1H3,(H,12,13);/q;+1. The number of rotatable bonds is 3. The quantitative estimate of drug-likeness (QED) is 0.516. The van der Waals surface area contributed by atoms with Crippen molar-refractivity contribution in [3.8, 4) is 0 Å². The van der Waals surface area contributed by atoms with Crippen LogP contribution >= 0.6 is 11.3 Å². The average Bonchev–Trinajstić information content (AvgIpc) is 2.63. The topological polar surface area (TPSA) is 98.0 Å². The van der Waals surface area contributed by atoms with E-state index in [1.807, 2.05) is 0 Å². The van der Waals surface area contributed by atoms with Crippen LogP contribution in [0.2, 0.25) is 0 Å². The molecule has 9 heteroatoms. The summed E-state index contributed by atoms with van der Waals surface area (Å²) in [6.07, 6.45) is 0. The van der Waals surface area contributed by atoms with Gasteiger partial charge >= 0.3 is 29.6 Å². The number of anilines is 2. The summed E-state index contributed by atoms with van der Waals surface area (Å²) < 4.78 is 26.2. The van der Waals surface area contributed by atoms with E-state index in [0.29, 0.717) is 10.7 Å². The predicted octanol–water partition coefficient (Wildman–Crippen LogP) is -1.77. The fraction of sp³-hybridized carbons (Fsp3) is 0.111. The molecule has 6 nitrogen and oxygen atoms in total. The Labute approximate surface area is 131 Å². The second-order valence-corrected chi connectivity index (χ2v) is 6.16. The van der Waals surface area contributed by atoms with Gasteiger partial charge in [-0.1, -0.05) is 11.3 Å². The summed E-state index contributed by atoms with van der Waals surface area (Å²) in [5.74, 6) is 0.